The number of thiophene rings is 1. The van der Waals surface area contributed by atoms with E-state index in [0.717, 1.165) is 22.5 Å². The largest absolute Gasteiger partial charge is 0.380 e. The van der Waals surface area contributed by atoms with Crippen LogP contribution in [0.1, 0.15) is 26.6 Å². The molecular weight excluding hydrogens is 324 g/mol. The van der Waals surface area contributed by atoms with E-state index in [4.69, 9.17) is 4.74 Å². The molecule has 0 aliphatic rings. The quantitative estimate of drug-likeness (QED) is 0.722. The maximum atomic E-state index is 12.3. The molecule has 1 amide bonds. The van der Waals surface area contributed by atoms with Crippen LogP contribution in [0.15, 0.2) is 35.7 Å². The molecule has 2 heterocycles. The Hall–Kier alpha value is -2.51. The smallest absolute Gasteiger partial charge is 0.261 e. The van der Waals surface area contributed by atoms with Crippen LogP contribution in [0, 0.1) is 6.92 Å². The molecule has 3 rings (SSSR count). The van der Waals surface area contributed by atoms with E-state index in [1.165, 1.54) is 11.3 Å². The molecule has 7 heteroatoms. The van der Waals surface area contributed by atoms with Crippen molar-refractivity contribution in [3.63, 3.8) is 0 Å². The Balaban J connectivity index is 1.68. The third-order valence-corrected chi connectivity index (χ3v) is 4.44. The van der Waals surface area contributed by atoms with Crippen LogP contribution in [0.5, 0.6) is 0 Å². The van der Waals surface area contributed by atoms with Crippen LogP contribution in [0.3, 0.4) is 0 Å². The van der Waals surface area contributed by atoms with E-state index in [0.29, 0.717) is 23.9 Å². The van der Waals surface area contributed by atoms with Crippen molar-refractivity contribution in [3.05, 3.63) is 57.5 Å². The zero-order valence-corrected chi connectivity index (χ0v) is 14.3. The fourth-order valence-corrected chi connectivity index (χ4v) is 3.18. The number of carbonyl (C=O) groups is 1. The number of methoxy groups -OCH3 is 1. The number of carbonyl (C=O) groups excluding carboxylic acids is 1. The van der Waals surface area contributed by atoms with E-state index in [9.17, 15) is 4.79 Å². The first-order chi connectivity index (χ1) is 11.7. The number of aromatic amines is 1. The Labute approximate surface area is 143 Å². The minimum absolute atomic E-state index is 0.0869. The Kier molecular flexibility index (Phi) is 5.02. The number of aryl methyl sites for hydroxylation is 1. The highest BCUT2D eigenvalue weighted by Crippen LogP contribution is 2.19. The van der Waals surface area contributed by atoms with Gasteiger partial charge in [-0.25, -0.2) is 4.98 Å². The fourth-order valence-electron chi connectivity index (χ4n) is 2.36. The molecule has 0 unspecified atom stereocenters. The lowest BCUT2D eigenvalue weighted by Gasteiger charge is -2.07. The van der Waals surface area contributed by atoms with E-state index in [-0.39, 0.29) is 5.91 Å². The van der Waals surface area contributed by atoms with Gasteiger partial charge in [-0.15, -0.1) is 11.3 Å². The van der Waals surface area contributed by atoms with Crippen molar-refractivity contribution in [1.82, 2.24) is 20.5 Å². The van der Waals surface area contributed by atoms with Gasteiger partial charge in [0.2, 0.25) is 0 Å². The van der Waals surface area contributed by atoms with Gasteiger partial charge in [0.05, 0.1) is 11.5 Å². The van der Waals surface area contributed by atoms with Crippen LogP contribution in [0.25, 0.3) is 11.4 Å². The maximum Gasteiger partial charge on any atom is 0.261 e. The van der Waals surface area contributed by atoms with Crippen molar-refractivity contribution in [2.45, 2.75) is 20.1 Å². The van der Waals surface area contributed by atoms with Crippen molar-refractivity contribution in [2.75, 3.05) is 7.11 Å². The van der Waals surface area contributed by atoms with Gasteiger partial charge >= 0.3 is 0 Å². The molecule has 0 spiro atoms. The number of nitrogens with one attached hydrogen (secondary N) is 2. The minimum atomic E-state index is -0.0869. The van der Waals surface area contributed by atoms with Crippen LogP contribution in [0.2, 0.25) is 0 Å². The van der Waals surface area contributed by atoms with Gasteiger partial charge in [-0.05, 0) is 30.0 Å². The Morgan fingerprint density at radius 3 is 3.00 bits per heavy atom. The standard InChI is InChI=1S/C17H18N4O2S/c1-11-19-16(21-20-11)13-5-3-4-12(8-13)9-18-17(22)15-14(10-23-2)6-7-24-15/h3-8H,9-10H2,1-2H3,(H,18,22)(H,19,20,21). The molecule has 124 valence electrons. The van der Waals surface area contributed by atoms with Gasteiger partial charge in [-0.2, -0.15) is 5.10 Å². The van der Waals surface area contributed by atoms with Gasteiger partial charge in [0.1, 0.15) is 5.82 Å². The van der Waals surface area contributed by atoms with Crippen LogP contribution in [-0.2, 0) is 17.9 Å². The summed E-state index contributed by atoms with van der Waals surface area (Å²) in [6.07, 6.45) is 0. The third kappa shape index (κ3) is 3.69. The molecular formula is C17H18N4O2S. The molecule has 0 radical (unpaired) electrons. The van der Waals surface area contributed by atoms with Gasteiger partial charge in [-0.3, -0.25) is 9.89 Å². The van der Waals surface area contributed by atoms with Crippen molar-refractivity contribution in [2.24, 2.45) is 0 Å². The van der Waals surface area contributed by atoms with Crippen molar-refractivity contribution in [1.29, 1.82) is 0 Å². The summed E-state index contributed by atoms with van der Waals surface area (Å²) in [5.74, 6) is 1.34. The highest BCUT2D eigenvalue weighted by molar-refractivity contribution is 7.12. The predicted octanol–water partition coefficient (Wildman–Crippen LogP) is 2.92. The zero-order valence-electron chi connectivity index (χ0n) is 13.5. The van der Waals surface area contributed by atoms with E-state index in [1.54, 1.807) is 7.11 Å². The zero-order chi connectivity index (χ0) is 16.9. The van der Waals surface area contributed by atoms with Gasteiger partial charge in [0.15, 0.2) is 5.82 Å². The average molecular weight is 342 g/mol. The van der Waals surface area contributed by atoms with Crippen LogP contribution in [-0.4, -0.2) is 28.2 Å². The monoisotopic (exact) mass is 342 g/mol. The molecule has 3 aromatic rings. The molecule has 2 aromatic heterocycles. The van der Waals surface area contributed by atoms with Crippen LogP contribution in [0.4, 0.5) is 0 Å². The molecule has 2 N–H and O–H groups in total. The summed E-state index contributed by atoms with van der Waals surface area (Å²) in [5, 5.41) is 11.8. The number of benzene rings is 1. The van der Waals surface area contributed by atoms with Gasteiger partial charge < -0.3 is 10.1 Å². The normalized spacial score (nSPS) is 10.8. The summed E-state index contributed by atoms with van der Waals surface area (Å²) in [4.78, 5) is 17.4. The molecule has 0 aliphatic heterocycles. The summed E-state index contributed by atoms with van der Waals surface area (Å²) in [7, 11) is 1.62. The molecule has 0 atom stereocenters. The highest BCUT2D eigenvalue weighted by atomic mass is 32.1. The van der Waals surface area contributed by atoms with E-state index < -0.39 is 0 Å². The summed E-state index contributed by atoms with van der Waals surface area (Å²) < 4.78 is 5.12. The number of H-pyrrole nitrogens is 1. The molecule has 0 saturated heterocycles. The lowest BCUT2D eigenvalue weighted by Crippen LogP contribution is -2.22. The Bertz CT molecular complexity index is 840. The lowest BCUT2D eigenvalue weighted by molar-refractivity contribution is 0.0950. The number of nitrogens with zero attached hydrogens (tertiary/aromatic N) is 2. The summed E-state index contributed by atoms with van der Waals surface area (Å²) in [6, 6.07) is 9.74. The number of amides is 1. The van der Waals surface area contributed by atoms with E-state index in [1.807, 2.05) is 42.6 Å². The molecule has 0 saturated carbocycles. The van der Waals surface area contributed by atoms with Gasteiger partial charge in [0, 0.05) is 24.8 Å². The summed E-state index contributed by atoms with van der Waals surface area (Å²) in [5.41, 5.74) is 2.82. The second-order valence-corrected chi connectivity index (χ2v) is 6.25. The van der Waals surface area contributed by atoms with Crippen LogP contribution < -0.4 is 5.32 Å². The number of rotatable bonds is 6. The topological polar surface area (TPSA) is 79.9 Å². The number of hydrogen-bond donors (Lipinski definition) is 2. The molecule has 0 aliphatic carbocycles. The van der Waals surface area contributed by atoms with Crippen LogP contribution >= 0.6 is 11.3 Å². The second kappa shape index (κ2) is 7.37. The number of ether oxygens (including phenoxy) is 1. The van der Waals surface area contributed by atoms with Crippen molar-refractivity contribution < 1.29 is 9.53 Å². The van der Waals surface area contributed by atoms with Gasteiger partial charge in [-0.1, -0.05) is 18.2 Å². The fraction of sp³-hybridized carbons (Fsp3) is 0.235. The third-order valence-electron chi connectivity index (χ3n) is 3.49. The van der Waals surface area contributed by atoms with E-state index >= 15 is 0 Å². The van der Waals surface area contributed by atoms with Crippen molar-refractivity contribution in [3.8, 4) is 11.4 Å². The molecule has 6 nitrogen and oxygen atoms in total. The second-order valence-electron chi connectivity index (χ2n) is 5.34. The van der Waals surface area contributed by atoms with Crippen molar-refractivity contribution >= 4 is 17.2 Å². The molecule has 0 bridgehead atoms. The highest BCUT2D eigenvalue weighted by Gasteiger charge is 2.13. The van der Waals surface area contributed by atoms with E-state index in [2.05, 4.69) is 20.5 Å². The molecule has 0 fully saturated rings. The van der Waals surface area contributed by atoms with Gasteiger partial charge in [0.25, 0.3) is 5.91 Å². The molecule has 1 aromatic carbocycles. The SMILES string of the molecule is COCc1ccsc1C(=O)NCc1cccc(-c2n[nH]c(C)n2)c1. The Morgan fingerprint density at radius 1 is 1.38 bits per heavy atom. The first kappa shape index (κ1) is 16.4. The lowest BCUT2D eigenvalue weighted by atomic mass is 10.1. The summed E-state index contributed by atoms with van der Waals surface area (Å²) >= 11 is 1.42. The average Bonchev–Trinajstić information content (AvgIpc) is 3.22. The first-order valence-electron chi connectivity index (χ1n) is 7.49. The maximum absolute atomic E-state index is 12.3. The predicted molar refractivity (Wildman–Crippen MR) is 92.8 cm³/mol. The minimum Gasteiger partial charge on any atom is -0.380 e. The first-order valence-corrected chi connectivity index (χ1v) is 8.37. The number of aromatic nitrogens is 3. The number of hydrogen-bond acceptors (Lipinski definition) is 5. The Morgan fingerprint density at radius 2 is 2.25 bits per heavy atom. The summed E-state index contributed by atoms with van der Waals surface area (Å²) in [6.45, 7) is 2.74. The molecule has 24 heavy (non-hydrogen) atoms.